The van der Waals surface area contributed by atoms with Crippen LogP contribution in [0.1, 0.15) is 23.1 Å². The van der Waals surface area contributed by atoms with E-state index in [9.17, 15) is 13.2 Å². The van der Waals surface area contributed by atoms with Gasteiger partial charge in [0.2, 0.25) is 15.9 Å². The second-order valence-corrected chi connectivity index (χ2v) is 7.20. The Morgan fingerprint density at radius 1 is 1.30 bits per heavy atom. The fourth-order valence-corrected chi connectivity index (χ4v) is 3.62. The van der Waals surface area contributed by atoms with Crippen LogP contribution in [0.2, 0.25) is 0 Å². The van der Waals surface area contributed by atoms with Crippen molar-refractivity contribution in [2.75, 3.05) is 12.3 Å². The Bertz CT molecular complexity index is 605. The monoisotopic (exact) mass is 296 g/mol. The minimum absolute atomic E-state index is 0.00121. The van der Waals surface area contributed by atoms with Gasteiger partial charge in [-0.3, -0.25) is 4.79 Å². The van der Waals surface area contributed by atoms with E-state index in [4.69, 9.17) is 5.14 Å². The molecule has 2 N–H and O–H groups in total. The van der Waals surface area contributed by atoms with E-state index in [0.29, 0.717) is 13.1 Å². The van der Waals surface area contributed by atoms with E-state index < -0.39 is 10.0 Å². The van der Waals surface area contributed by atoms with Crippen LogP contribution in [0.25, 0.3) is 0 Å². The van der Waals surface area contributed by atoms with E-state index >= 15 is 0 Å². The molecule has 5 nitrogen and oxygen atoms in total. The molecule has 0 aliphatic carbocycles. The van der Waals surface area contributed by atoms with Crippen LogP contribution < -0.4 is 5.14 Å². The molecule has 1 amide bonds. The fourth-order valence-electron chi connectivity index (χ4n) is 2.74. The van der Waals surface area contributed by atoms with Gasteiger partial charge in [-0.1, -0.05) is 18.2 Å². The van der Waals surface area contributed by atoms with Gasteiger partial charge in [-0.25, -0.2) is 13.6 Å². The molecule has 1 aromatic rings. The number of nitrogens with zero attached hydrogens (tertiary/aromatic N) is 1. The van der Waals surface area contributed by atoms with Crippen LogP contribution in [0, 0.1) is 19.8 Å². The van der Waals surface area contributed by atoms with E-state index in [1.807, 2.05) is 32.0 Å². The number of rotatable bonds is 4. The molecular formula is C14H20N2O3S. The first-order valence-corrected chi connectivity index (χ1v) is 8.31. The third-order valence-electron chi connectivity index (χ3n) is 3.76. The number of benzene rings is 1. The Kier molecular flexibility index (Phi) is 4.15. The number of nitrogens with two attached hydrogens (primary N) is 1. The smallest absolute Gasteiger partial charge is 0.223 e. The average molecular weight is 296 g/mol. The molecule has 110 valence electrons. The van der Waals surface area contributed by atoms with Gasteiger partial charge in [0.1, 0.15) is 0 Å². The van der Waals surface area contributed by atoms with Crippen LogP contribution in [0.15, 0.2) is 18.2 Å². The summed E-state index contributed by atoms with van der Waals surface area (Å²) in [5.74, 6) is -0.315. The van der Waals surface area contributed by atoms with E-state index in [2.05, 4.69) is 0 Å². The van der Waals surface area contributed by atoms with Gasteiger partial charge in [0.15, 0.2) is 0 Å². The molecule has 0 spiro atoms. The molecule has 0 saturated carbocycles. The predicted molar refractivity (Wildman–Crippen MR) is 77.4 cm³/mol. The standard InChI is InChI=1S/C14H20N2O3S/c1-10-4-3-5-11(2)13(10)8-16-7-12(6-14(16)17)9-20(15,18)19/h3-5,12H,6-9H2,1-2H3,(H2,15,18,19). The zero-order chi connectivity index (χ0) is 14.9. The van der Waals surface area contributed by atoms with Gasteiger partial charge >= 0.3 is 0 Å². The predicted octanol–water partition coefficient (Wildman–Crippen LogP) is 0.940. The van der Waals surface area contributed by atoms with Gasteiger partial charge in [-0.15, -0.1) is 0 Å². The van der Waals surface area contributed by atoms with E-state index in [1.165, 1.54) is 0 Å². The lowest BCUT2D eigenvalue weighted by Gasteiger charge is -2.19. The minimum Gasteiger partial charge on any atom is -0.338 e. The van der Waals surface area contributed by atoms with Gasteiger partial charge in [0.05, 0.1) is 5.75 Å². The highest BCUT2D eigenvalue weighted by atomic mass is 32.2. The lowest BCUT2D eigenvalue weighted by molar-refractivity contribution is -0.128. The summed E-state index contributed by atoms with van der Waals surface area (Å²) in [6, 6.07) is 6.03. The molecule has 20 heavy (non-hydrogen) atoms. The Balaban J connectivity index is 2.10. The molecule has 1 aliphatic rings. The lowest BCUT2D eigenvalue weighted by Crippen LogP contribution is -2.27. The first-order valence-electron chi connectivity index (χ1n) is 6.59. The quantitative estimate of drug-likeness (QED) is 0.898. The normalized spacial score (nSPS) is 19.6. The number of hydrogen-bond acceptors (Lipinski definition) is 3. The van der Waals surface area contributed by atoms with Gasteiger partial charge in [-0.2, -0.15) is 0 Å². The maximum atomic E-state index is 12.0. The topological polar surface area (TPSA) is 80.5 Å². The first kappa shape index (κ1) is 15.0. The van der Waals surface area contributed by atoms with Crippen LogP contribution in [-0.2, 0) is 21.4 Å². The number of sulfonamides is 1. The molecule has 1 fully saturated rings. The van der Waals surface area contributed by atoms with Crippen molar-refractivity contribution in [1.82, 2.24) is 4.90 Å². The molecule has 1 aromatic carbocycles. The van der Waals surface area contributed by atoms with Crippen LogP contribution in [0.4, 0.5) is 0 Å². The average Bonchev–Trinajstić information content (AvgIpc) is 2.62. The summed E-state index contributed by atoms with van der Waals surface area (Å²) in [7, 11) is -3.52. The van der Waals surface area contributed by atoms with Gasteiger partial charge in [0, 0.05) is 25.4 Å². The van der Waals surface area contributed by atoms with Crippen molar-refractivity contribution in [2.24, 2.45) is 11.1 Å². The third-order valence-corrected chi connectivity index (χ3v) is 4.69. The molecule has 0 bridgehead atoms. The Labute approximate surface area is 119 Å². The summed E-state index contributed by atoms with van der Waals surface area (Å²) >= 11 is 0. The van der Waals surface area contributed by atoms with E-state index in [-0.39, 0.29) is 24.0 Å². The summed E-state index contributed by atoms with van der Waals surface area (Å²) < 4.78 is 22.2. The summed E-state index contributed by atoms with van der Waals surface area (Å²) in [5.41, 5.74) is 3.43. The maximum absolute atomic E-state index is 12.0. The Morgan fingerprint density at radius 3 is 2.45 bits per heavy atom. The van der Waals surface area contributed by atoms with Gasteiger partial charge in [0.25, 0.3) is 0 Å². The molecule has 1 unspecified atom stereocenters. The largest absolute Gasteiger partial charge is 0.338 e. The summed E-state index contributed by atoms with van der Waals surface area (Å²) in [6.45, 7) is 5.04. The number of carbonyl (C=O) groups excluding carboxylic acids is 1. The Morgan fingerprint density at radius 2 is 1.90 bits per heavy atom. The van der Waals surface area contributed by atoms with Crippen molar-refractivity contribution in [3.05, 3.63) is 34.9 Å². The van der Waals surface area contributed by atoms with Crippen LogP contribution in [-0.4, -0.2) is 31.5 Å². The number of aryl methyl sites for hydroxylation is 2. The Hall–Kier alpha value is -1.40. The van der Waals surface area contributed by atoms with Crippen LogP contribution in [0.3, 0.4) is 0 Å². The SMILES string of the molecule is Cc1cccc(C)c1CN1CC(CS(N)(=O)=O)CC1=O. The second-order valence-electron chi connectivity index (χ2n) is 5.54. The molecule has 6 heteroatoms. The summed E-state index contributed by atoms with van der Waals surface area (Å²) in [6.07, 6.45) is 0.265. The van der Waals surface area contributed by atoms with Crippen molar-refractivity contribution in [3.63, 3.8) is 0 Å². The zero-order valence-corrected chi connectivity index (χ0v) is 12.6. The molecule has 1 saturated heterocycles. The number of carbonyl (C=O) groups is 1. The van der Waals surface area contributed by atoms with Crippen molar-refractivity contribution in [3.8, 4) is 0 Å². The van der Waals surface area contributed by atoms with Gasteiger partial charge < -0.3 is 4.90 Å². The third kappa shape index (κ3) is 3.58. The summed E-state index contributed by atoms with van der Waals surface area (Å²) in [5, 5.41) is 5.05. The molecule has 0 aromatic heterocycles. The van der Waals surface area contributed by atoms with Gasteiger partial charge in [-0.05, 0) is 30.5 Å². The van der Waals surface area contributed by atoms with Crippen LogP contribution in [0.5, 0.6) is 0 Å². The van der Waals surface area contributed by atoms with Crippen molar-refractivity contribution >= 4 is 15.9 Å². The van der Waals surface area contributed by atoms with Crippen molar-refractivity contribution in [2.45, 2.75) is 26.8 Å². The number of likely N-dealkylation sites (tertiary alicyclic amines) is 1. The fraction of sp³-hybridized carbons (Fsp3) is 0.500. The highest BCUT2D eigenvalue weighted by molar-refractivity contribution is 7.89. The molecule has 0 radical (unpaired) electrons. The lowest BCUT2D eigenvalue weighted by atomic mass is 10.0. The van der Waals surface area contributed by atoms with Crippen LogP contribution >= 0.6 is 0 Å². The minimum atomic E-state index is -3.52. The van der Waals surface area contributed by atoms with E-state index in [1.54, 1.807) is 4.90 Å². The number of amides is 1. The highest BCUT2D eigenvalue weighted by Crippen LogP contribution is 2.23. The molecule has 2 rings (SSSR count). The molecule has 1 heterocycles. The highest BCUT2D eigenvalue weighted by Gasteiger charge is 2.32. The molecule has 1 atom stereocenters. The first-order chi connectivity index (χ1) is 9.26. The zero-order valence-electron chi connectivity index (χ0n) is 11.8. The van der Waals surface area contributed by atoms with E-state index in [0.717, 1.165) is 16.7 Å². The maximum Gasteiger partial charge on any atom is 0.223 e. The van der Waals surface area contributed by atoms with Crippen molar-refractivity contribution in [1.29, 1.82) is 0 Å². The molecule has 1 aliphatic heterocycles. The number of primary sulfonamides is 1. The second kappa shape index (κ2) is 5.54. The van der Waals surface area contributed by atoms with Crippen molar-refractivity contribution < 1.29 is 13.2 Å². The summed E-state index contributed by atoms with van der Waals surface area (Å²) in [4.78, 5) is 13.7. The molecular weight excluding hydrogens is 276 g/mol. The number of hydrogen-bond donors (Lipinski definition) is 1.